The van der Waals surface area contributed by atoms with Crippen molar-refractivity contribution in [1.82, 2.24) is 20.4 Å². The summed E-state index contributed by atoms with van der Waals surface area (Å²) in [5, 5.41) is 9.47. The van der Waals surface area contributed by atoms with Crippen LogP contribution in [0.25, 0.3) is 0 Å². The highest BCUT2D eigenvalue weighted by Gasteiger charge is 2.28. The van der Waals surface area contributed by atoms with Crippen molar-refractivity contribution in [2.45, 2.75) is 19.0 Å². The highest BCUT2D eigenvalue weighted by atomic mass is 16.2. The summed E-state index contributed by atoms with van der Waals surface area (Å²) in [5.74, 6) is -0.0115. The predicted octanol–water partition coefficient (Wildman–Crippen LogP) is 5.53. The van der Waals surface area contributed by atoms with Crippen LogP contribution >= 0.6 is 0 Å². The van der Waals surface area contributed by atoms with Crippen LogP contribution in [0.3, 0.4) is 0 Å². The number of urea groups is 1. The van der Waals surface area contributed by atoms with Crippen LogP contribution in [0.15, 0.2) is 109 Å². The molecule has 3 amide bonds. The van der Waals surface area contributed by atoms with Gasteiger partial charge in [0.05, 0.1) is 23.5 Å². The van der Waals surface area contributed by atoms with Crippen molar-refractivity contribution in [2.75, 3.05) is 62.6 Å². The predicted molar refractivity (Wildman–Crippen MR) is 181 cm³/mol. The second-order valence-corrected chi connectivity index (χ2v) is 11.8. The van der Waals surface area contributed by atoms with Gasteiger partial charge in [0.1, 0.15) is 0 Å². The first kappa shape index (κ1) is 30.4. The molecule has 232 valence electrons. The number of carbonyl (C=O) groups is 2. The lowest BCUT2D eigenvalue weighted by molar-refractivity contribution is 0.0736. The van der Waals surface area contributed by atoms with Gasteiger partial charge in [0.2, 0.25) is 0 Å². The second kappa shape index (κ2) is 14.4. The molecule has 2 aliphatic heterocycles. The molecule has 0 saturated carbocycles. The summed E-state index contributed by atoms with van der Waals surface area (Å²) in [6.07, 6.45) is 0. The van der Waals surface area contributed by atoms with Gasteiger partial charge in [-0.2, -0.15) is 0 Å². The van der Waals surface area contributed by atoms with Gasteiger partial charge < -0.3 is 25.8 Å². The van der Waals surface area contributed by atoms with Crippen LogP contribution in [0.1, 0.15) is 46.1 Å². The van der Waals surface area contributed by atoms with E-state index in [0.29, 0.717) is 24.3 Å². The van der Waals surface area contributed by atoms with Crippen LogP contribution in [-0.2, 0) is 0 Å². The van der Waals surface area contributed by atoms with E-state index >= 15 is 0 Å². The van der Waals surface area contributed by atoms with E-state index in [2.05, 4.69) is 86.4 Å². The van der Waals surface area contributed by atoms with E-state index in [0.717, 1.165) is 50.5 Å². The Morgan fingerprint density at radius 2 is 1.24 bits per heavy atom. The zero-order valence-corrected chi connectivity index (χ0v) is 25.9. The molecule has 1 atom stereocenters. The number of nitrogens with zero attached hydrogens (tertiary/aromatic N) is 3. The summed E-state index contributed by atoms with van der Waals surface area (Å²) in [6.45, 7) is 8.16. The Balaban J connectivity index is 1.22. The molecule has 2 fully saturated rings. The lowest BCUT2D eigenvalue weighted by Gasteiger charge is -2.41. The number of hydrogen-bond acceptors (Lipinski definition) is 5. The summed E-state index contributed by atoms with van der Waals surface area (Å²) in [7, 11) is 0. The van der Waals surface area contributed by atoms with Gasteiger partial charge in [-0.15, -0.1) is 0 Å². The summed E-state index contributed by atoms with van der Waals surface area (Å²) in [5.41, 5.74) is 5.73. The van der Waals surface area contributed by atoms with Gasteiger partial charge in [0, 0.05) is 57.9 Å². The minimum absolute atomic E-state index is 0.0115. The molecule has 4 aromatic rings. The first-order valence-electron chi connectivity index (χ1n) is 15.9. The fourth-order valence-electron chi connectivity index (χ4n) is 6.38. The Morgan fingerprint density at radius 3 is 1.82 bits per heavy atom. The molecular formula is C37H42N6O2. The largest absolute Gasteiger partial charge is 0.367 e. The molecule has 0 radical (unpaired) electrons. The number of benzene rings is 4. The van der Waals surface area contributed by atoms with Crippen LogP contribution in [-0.4, -0.2) is 74.1 Å². The summed E-state index contributed by atoms with van der Waals surface area (Å²) in [4.78, 5) is 33.5. The van der Waals surface area contributed by atoms with Crippen molar-refractivity contribution < 1.29 is 9.59 Å². The zero-order chi connectivity index (χ0) is 31.0. The smallest absolute Gasteiger partial charge is 0.319 e. The van der Waals surface area contributed by atoms with Crippen LogP contribution in [0.5, 0.6) is 0 Å². The van der Waals surface area contributed by atoms with Crippen molar-refractivity contribution in [1.29, 1.82) is 0 Å². The third-order valence-electron chi connectivity index (χ3n) is 8.79. The maximum atomic E-state index is 13.4. The average molecular weight is 603 g/mol. The lowest BCUT2D eigenvalue weighted by Crippen LogP contribution is -2.48. The molecule has 0 unspecified atom stereocenters. The number of carbonyl (C=O) groups excluding carboxylic acids is 2. The summed E-state index contributed by atoms with van der Waals surface area (Å²) in [6, 6.07) is 36.7. The molecule has 2 heterocycles. The molecule has 0 aliphatic carbocycles. The Kier molecular flexibility index (Phi) is 9.73. The Hall–Kier alpha value is -4.66. The maximum absolute atomic E-state index is 13.4. The molecule has 0 spiro atoms. The molecule has 8 nitrogen and oxygen atoms in total. The van der Waals surface area contributed by atoms with Crippen LogP contribution in [0, 0.1) is 0 Å². The average Bonchev–Trinajstić information content (AvgIpc) is 3.10. The highest BCUT2D eigenvalue weighted by Crippen LogP contribution is 2.33. The zero-order valence-electron chi connectivity index (χ0n) is 25.9. The van der Waals surface area contributed by atoms with Crippen molar-refractivity contribution >= 4 is 23.3 Å². The van der Waals surface area contributed by atoms with Gasteiger partial charge in [-0.3, -0.25) is 9.69 Å². The molecule has 2 saturated heterocycles. The van der Waals surface area contributed by atoms with E-state index < -0.39 is 0 Å². The van der Waals surface area contributed by atoms with Gasteiger partial charge >= 0.3 is 6.03 Å². The molecule has 4 aromatic carbocycles. The van der Waals surface area contributed by atoms with Crippen LogP contribution in [0.4, 0.5) is 16.2 Å². The van der Waals surface area contributed by atoms with E-state index in [9.17, 15) is 9.59 Å². The third kappa shape index (κ3) is 7.36. The van der Waals surface area contributed by atoms with Crippen LogP contribution in [0.2, 0.25) is 0 Å². The number of rotatable bonds is 8. The molecule has 8 heteroatoms. The van der Waals surface area contributed by atoms with E-state index in [-0.39, 0.29) is 24.0 Å². The quantitative estimate of drug-likeness (QED) is 0.247. The number of hydrogen-bond donors (Lipinski definition) is 3. The van der Waals surface area contributed by atoms with Crippen LogP contribution < -0.4 is 20.9 Å². The van der Waals surface area contributed by atoms with Gasteiger partial charge in [0.25, 0.3) is 5.91 Å². The number of piperazine rings is 2. The standard InChI is InChI=1S/C37H42N6O2/c1-28(29-11-5-2-6-12-29)39-37(45)40-33-27-32(36(44)43-21-19-38-20-22-43)17-18-34(33)41-23-25-42(26-24-41)35(30-13-7-3-8-14-30)31-15-9-4-10-16-31/h2-18,27-28,35,38H,19-26H2,1H3,(H2,39,40,45)/t28-/m0/s1. The van der Waals surface area contributed by atoms with Crippen molar-refractivity contribution in [3.63, 3.8) is 0 Å². The summed E-state index contributed by atoms with van der Waals surface area (Å²) >= 11 is 0. The van der Waals surface area contributed by atoms with Crippen molar-refractivity contribution in [3.05, 3.63) is 131 Å². The Labute approximate surface area is 266 Å². The number of nitrogens with one attached hydrogen (secondary N) is 3. The summed E-state index contributed by atoms with van der Waals surface area (Å²) < 4.78 is 0. The SMILES string of the molecule is C[C@H](NC(=O)Nc1cc(C(=O)N2CCNCC2)ccc1N1CCN(C(c2ccccc2)c2ccccc2)CC1)c1ccccc1. The van der Waals surface area contributed by atoms with Gasteiger partial charge in [0.15, 0.2) is 0 Å². The Bertz CT molecular complexity index is 1510. The van der Waals surface area contributed by atoms with E-state index in [4.69, 9.17) is 0 Å². The Morgan fingerprint density at radius 1 is 0.689 bits per heavy atom. The van der Waals surface area contributed by atoms with Gasteiger partial charge in [-0.05, 0) is 41.8 Å². The number of anilines is 2. The number of amides is 3. The van der Waals surface area contributed by atoms with Crippen molar-refractivity contribution in [2.24, 2.45) is 0 Å². The minimum Gasteiger partial charge on any atom is -0.367 e. The van der Waals surface area contributed by atoms with E-state index in [1.807, 2.05) is 60.4 Å². The van der Waals surface area contributed by atoms with E-state index in [1.165, 1.54) is 11.1 Å². The minimum atomic E-state index is -0.300. The molecular weight excluding hydrogens is 560 g/mol. The van der Waals surface area contributed by atoms with Gasteiger partial charge in [-0.1, -0.05) is 91.0 Å². The van der Waals surface area contributed by atoms with Crippen molar-refractivity contribution in [3.8, 4) is 0 Å². The third-order valence-corrected chi connectivity index (χ3v) is 8.79. The molecule has 6 rings (SSSR count). The lowest BCUT2D eigenvalue weighted by atomic mass is 9.96. The maximum Gasteiger partial charge on any atom is 0.319 e. The highest BCUT2D eigenvalue weighted by molar-refractivity contribution is 5.99. The molecule has 45 heavy (non-hydrogen) atoms. The topological polar surface area (TPSA) is 79.9 Å². The monoisotopic (exact) mass is 602 g/mol. The first-order valence-corrected chi connectivity index (χ1v) is 15.9. The second-order valence-electron chi connectivity index (χ2n) is 11.8. The molecule has 0 bridgehead atoms. The fraction of sp³-hybridized carbons (Fsp3) is 0.297. The van der Waals surface area contributed by atoms with Gasteiger partial charge in [-0.25, -0.2) is 4.79 Å². The fourth-order valence-corrected chi connectivity index (χ4v) is 6.38. The normalized spacial score (nSPS) is 16.3. The first-order chi connectivity index (χ1) is 22.1. The molecule has 3 N–H and O–H groups in total. The molecule has 0 aromatic heterocycles. The molecule has 2 aliphatic rings. The van der Waals surface area contributed by atoms with E-state index in [1.54, 1.807) is 0 Å².